The van der Waals surface area contributed by atoms with Gasteiger partial charge in [0.05, 0.1) is 20.6 Å². The molecule has 0 bridgehead atoms. The third-order valence-electron chi connectivity index (χ3n) is 5.68. The molecule has 0 aliphatic rings. The third-order valence-corrected chi connectivity index (χ3v) is 8.44. The summed E-state index contributed by atoms with van der Waals surface area (Å²) in [6.45, 7) is 1.22. The van der Waals surface area contributed by atoms with Gasteiger partial charge in [-0.15, -0.1) is 0 Å². The Labute approximate surface area is 232 Å². The minimum absolute atomic E-state index is 0.0103. The van der Waals surface area contributed by atoms with Crippen molar-refractivity contribution in [1.82, 2.24) is 10.2 Å². The van der Waals surface area contributed by atoms with E-state index in [0.717, 1.165) is 4.31 Å². The predicted molar refractivity (Wildman–Crippen MR) is 148 cm³/mol. The van der Waals surface area contributed by atoms with Crippen molar-refractivity contribution in [3.05, 3.63) is 93.4 Å². The van der Waals surface area contributed by atoms with Crippen LogP contribution in [-0.4, -0.2) is 44.8 Å². The van der Waals surface area contributed by atoms with Crippen LogP contribution >= 0.6 is 34.8 Å². The maximum atomic E-state index is 13.8. The van der Waals surface area contributed by atoms with Gasteiger partial charge in [-0.3, -0.25) is 13.9 Å². The summed E-state index contributed by atoms with van der Waals surface area (Å²) in [6, 6.07) is 18.1. The Hall–Kier alpha value is -2.78. The number of hydrogen-bond acceptors (Lipinski definition) is 4. The molecule has 3 aromatic carbocycles. The van der Waals surface area contributed by atoms with Gasteiger partial charge in [0.1, 0.15) is 12.6 Å². The predicted octanol–water partition coefficient (Wildman–Crippen LogP) is 5.40. The van der Waals surface area contributed by atoms with E-state index in [4.69, 9.17) is 34.8 Å². The molecule has 0 spiro atoms. The quantitative estimate of drug-likeness (QED) is 0.347. The van der Waals surface area contributed by atoms with Gasteiger partial charge in [0.2, 0.25) is 11.8 Å². The zero-order valence-corrected chi connectivity index (χ0v) is 23.3. The maximum Gasteiger partial charge on any atom is 0.264 e. The van der Waals surface area contributed by atoms with E-state index in [-0.39, 0.29) is 23.0 Å². The topological polar surface area (TPSA) is 86.8 Å². The van der Waals surface area contributed by atoms with Crippen LogP contribution in [0.3, 0.4) is 0 Å². The van der Waals surface area contributed by atoms with Crippen molar-refractivity contribution in [1.29, 1.82) is 0 Å². The van der Waals surface area contributed by atoms with Gasteiger partial charge in [-0.25, -0.2) is 8.42 Å². The lowest BCUT2D eigenvalue weighted by molar-refractivity contribution is -0.140. The first-order valence-electron chi connectivity index (χ1n) is 11.4. The molecule has 7 nitrogen and oxygen atoms in total. The van der Waals surface area contributed by atoms with Gasteiger partial charge in [-0.05, 0) is 54.4 Å². The van der Waals surface area contributed by atoms with Crippen LogP contribution in [0, 0.1) is 0 Å². The van der Waals surface area contributed by atoms with E-state index < -0.39 is 28.5 Å². The first-order valence-corrected chi connectivity index (χ1v) is 13.9. The van der Waals surface area contributed by atoms with E-state index in [1.54, 1.807) is 61.5 Å². The summed E-state index contributed by atoms with van der Waals surface area (Å²) in [5.41, 5.74) is 0.845. The number of halogens is 3. The normalized spacial score (nSPS) is 12.0. The lowest BCUT2D eigenvalue weighted by Crippen LogP contribution is -2.51. The molecule has 0 saturated heterocycles. The number of sulfonamides is 1. The number of carbonyl (C=O) groups is 2. The molecule has 1 N–H and O–H groups in total. The van der Waals surface area contributed by atoms with Crippen molar-refractivity contribution in [3.8, 4) is 0 Å². The van der Waals surface area contributed by atoms with Gasteiger partial charge in [0.25, 0.3) is 10.0 Å². The first kappa shape index (κ1) is 28.8. The van der Waals surface area contributed by atoms with Crippen LogP contribution in [0.1, 0.15) is 18.9 Å². The SMILES string of the molecule is CCC(C(=O)NC)N(Cc1ccc(Cl)c(Cl)c1)C(=O)CN(c1cccc(Cl)c1)S(=O)(=O)c1ccccc1. The highest BCUT2D eigenvalue weighted by Crippen LogP contribution is 2.28. The summed E-state index contributed by atoms with van der Waals surface area (Å²) >= 11 is 18.4. The summed E-state index contributed by atoms with van der Waals surface area (Å²) in [5, 5.41) is 3.53. The van der Waals surface area contributed by atoms with Crippen LogP contribution in [0.4, 0.5) is 5.69 Å². The van der Waals surface area contributed by atoms with E-state index in [0.29, 0.717) is 27.1 Å². The lowest BCUT2D eigenvalue weighted by Gasteiger charge is -2.33. The summed E-state index contributed by atoms with van der Waals surface area (Å²) in [6.07, 6.45) is 0.301. The number of rotatable bonds is 10. The zero-order valence-electron chi connectivity index (χ0n) is 20.2. The highest BCUT2D eigenvalue weighted by Gasteiger charge is 2.33. The molecule has 1 unspecified atom stereocenters. The Morgan fingerprint density at radius 1 is 0.919 bits per heavy atom. The summed E-state index contributed by atoms with van der Waals surface area (Å²) in [4.78, 5) is 27.9. The fourth-order valence-electron chi connectivity index (χ4n) is 3.80. The van der Waals surface area contributed by atoms with Gasteiger partial charge < -0.3 is 10.2 Å². The minimum Gasteiger partial charge on any atom is -0.357 e. The van der Waals surface area contributed by atoms with Crippen LogP contribution < -0.4 is 9.62 Å². The highest BCUT2D eigenvalue weighted by molar-refractivity contribution is 7.92. The molecule has 11 heteroatoms. The fourth-order valence-corrected chi connectivity index (χ4v) is 5.73. The number of nitrogens with zero attached hydrogens (tertiary/aromatic N) is 2. The molecule has 1 atom stereocenters. The molecule has 196 valence electrons. The molecule has 0 heterocycles. The molecule has 37 heavy (non-hydrogen) atoms. The van der Waals surface area contributed by atoms with E-state index in [1.165, 1.54) is 30.1 Å². The molecule has 0 aliphatic carbocycles. The average molecular weight is 583 g/mol. The van der Waals surface area contributed by atoms with Crippen molar-refractivity contribution in [2.24, 2.45) is 0 Å². The van der Waals surface area contributed by atoms with E-state index in [9.17, 15) is 18.0 Å². The second kappa shape index (κ2) is 12.6. The van der Waals surface area contributed by atoms with Gasteiger partial charge in [-0.2, -0.15) is 0 Å². The molecular formula is C26H26Cl3N3O4S. The zero-order chi connectivity index (χ0) is 27.2. The maximum absolute atomic E-state index is 13.8. The number of amides is 2. The second-order valence-corrected chi connectivity index (χ2v) is 11.2. The lowest BCUT2D eigenvalue weighted by atomic mass is 10.1. The molecule has 0 fully saturated rings. The number of likely N-dealkylation sites (N-methyl/N-ethyl adjacent to an activating group) is 1. The summed E-state index contributed by atoms with van der Waals surface area (Å²) < 4.78 is 28.3. The number of benzene rings is 3. The van der Waals surface area contributed by atoms with E-state index in [2.05, 4.69) is 5.32 Å². The van der Waals surface area contributed by atoms with Crippen molar-refractivity contribution >= 4 is 62.3 Å². The van der Waals surface area contributed by atoms with E-state index >= 15 is 0 Å². The number of carbonyl (C=O) groups excluding carboxylic acids is 2. The van der Waals surface area contributed by atoms with Crippen LogP contribution in [0.15, 0.2) is 77.7 Å². The smallest absolute Gasteiger partial charge is 0.264 e. The van der Waals surface area contributed by atoms with Crippen molar-refractivity contribution in [2.75, 3.05) is 17.9 Å². The monoisotopic (exact) mass is 581 g/mol. The fraction of sp³-hybridized carbons (Fsp3) is 0.231. The Balaban J connectivity index is 2.06. The van der Waals surface area contributed by atoms with Crippen LogP contribution in [0.2, 0.25) is 15.1 Å². The standard InChI is InChI=1S/C26H26Cl3N3O4S/c1-3-24(26(34)30-2)31(16-18-12-13-22(28)23(29)14-18)25(33)17-32(20-9-7-8-19(27)15-20)37(35,36)21-10-5-4-6-11-21/h4-15,24H,3,16-17H2,1-2H3,(H,30,34). The molecule has 0 saturated carbocycles. The van der Waals surface area contributed by atoms with Crippen molar-refractivity contribution in [2.45, 2.75) is 30.8 Å². The number of anilines is 1. The molecular weight excluding hydrogens is 557 g/mol. The van der Waals surface area contributed by atoms with Gasteiger partial charge in [0, 0.05) is 18.6 Å². The van der Waals surface area contributed by atoms with Crippen LogP contribution in [0.25, 0.3) is 0 Å². The molecule has 0 aliphatic heterocycles. The van der Waals surface area contributed by atoms with Crippen molar-refractivity contribution < 1.29 is 18.0 Å². The molecule has 0 radical (unpaired) electrons. The number of hydrogen-bond donors (Lipinski definition) is 1. The van der Waals surface area contributed by atoms with Crippen LogP contribution in [-0.2, 0) is 26.2 Å². The minimum atomic E-state index is -4.15. The molecule has 0 aromatic heterocycles. The summed E-state index contributed by atoms with van der Waals surface area (Å²) in [7, 11) is -2.68. The number of nitrogens with one attached hydrogen (secondary N) is 1. The third kappa shape index (κ3) is 6.96. The van der Waals surface area contributed by atoms with Gasteiger partial charge in [0.15, 0.2) is 0 Å². The Morgan fingerprint density at radius 3 is 2.22 bits per heavy atom. The Bertz CT molecular complexity index is 1370. The van der Waals surface area contributed by atoms with Gasteiger partial charge >= 0.3 is 0 Å². The van der Waals surface area contributed by atoms with Crippen LogP contribution in [0.5, 0.6) is 0 Å². The largest absolute Gasteiger partial charge is 0.357 e. The van der Waals surface area contributed by atoms with Crippen molar-refractivity contribution in [3.63, 3.8) is 0 Å². The Morgan fingerprint density at radius 2 is 1.62 bits per heavy atom. The Kier molecular flexibility index (Phi) is 9.84. The molecule has 3 rings (SSSR count). The summed E-state index contributed by atoms with van der Waals surface area (Å²) in [5.74, 6) is -0.961. The van der Waals surface area contributed by atoms with Gasteiger partial charge in [-0.1, -0.05) is 72.1 Å². The molecule has 2 amide bonds. The van der Waals surface area contributed by atoms with E-state index in [1.807, 2.05) is 0 Å². The molecule has 3 aromatic rings. The first-order chi connectivity index (χ1) is 17.6. The average Bonchev–Trinajstić information content (AvgIpc) is 2.89. The second-order valence-electron chi connectivity index (χ2n) is 8.11. The highest BCUT2D eigenvalue weighted by atomic mass is 35.5.